The van der Waals surface area contributed by atoms with E-state index in [1.54, 1.807) is 16.7 Å². The van der Waals surface area contributed by atoms with E-state index in [0.29, 0.717) is 22.4 Å². The zero-order valence-corrected chi connectivity index (χ0v) is 19.5. The molecule has 3 N–H and O–H groups in total. The Bertz CT molecular complexity index is 1100. The number of hydrogen-bond acceptors (Lipinski definition) is 5. The maximum absolute atomic E-state index is 12.5. The molecule has 9 heteroatoms. The fourth-order valence-electron chi connectivity index (χ4n) is 2.99. The van der Waals surface area contributed by atoms with Gasteiger partial charge in [0, 0.05) is 17.3 Å². The van der Waals surface area contributed by atoms with Crippen LogP contribution in [-0.4, -0.2) is 32.2 Å². The number of aromatic nitrogens is 2. The Hall–Kier alpha value is -2.81. The highest BCUT2D eigenvalue weighted by Crippen LogP contribution is 2.21. The van der Waals surface area contributed by atoms with Gasteiger partial charge >= 0.3 is 0 Å². The molecule has 0 atom stereocenters. The molecule has 3 rings (SSSR count). The van der Waals surface area contributed by atoms with Crippen LogP contribution in [0.25, 0.3) is 0 Å². The number of carbonyl (C=O) groups excluding carboxylic acids is 2. The van der Waals surface area contributed by atoms with Crippen molar-refractivity contribution in [3.8, 4) is 0 Å². The summed E-state index contributed by atoms with van der Waals surface area (Å²) < 4.78 is 1.62. The smallest absolute Gasteiger partial charge is 0.240 e. The summed E-state index contributed by atoms with van der Waals surface area (Å²) in [6.07, 6.45) is 1.51. The lowest BCUT2D eigenvalue weighted by Gasteiger charge is -2.12. The Balaban J connectivity index is 1.58. The first-order valence-corrected chi connectivity index (χ1v) is 11.4. The van der Waals surface area contributed by atoms with Crippen LogP contribution in [0.1, 0.15) is 22.4 Å². The van der Waals surface area contributed by atoms with Crippen molar-refractivity contribution < 1.29 is 14.7 Å². The Labute approximate surface area is 196 Å². The Kier molecular flexibility index (Phi) is 8.33. The summed E-state index contributed by atoms with van der Waals surface area (Å²) in [7, 11) is 0. The highest BCUT2D eigenvalue weighted by molar-refractivity contribution is 7.99. The van der Waals surface area contributed by atoms with Gasteiger partial charge in [-0.15, -0.1) is 0 Å². The monoisotopic (exact) mass is 472 g/mol. The second kappa shape index (κ2) is 11.2. The van der Waals surface area contributed by atoms with Crippen molar-refractivity contribution in [3.63, 3.8) is 0 Å². The molecule has 1 heterocycles. The number of amides is 2. The molecular formula is C23H25ClN4O3S. The number of aliphatic hydroxyl groups excluding tert-OH is 1. The standard InChI is InChI=1S/C23H25ClN4O3S/c1-15-3-4-16(2)20(9-15)27-22(31)14-32-23-26-11-19(13-29)28(23)12-21(30)25-10-17-5-7-18(24)8-6-17/h3-9,11,29H,10,12-14H2,1-2H3,(H,25,30)(H,27,31). The van der Waals surface area contributed by atoms with Crippen LogP contribution in [0, 0.1) is 13.8 Å². The fraction of sp³-hybridized carbons (Fsp3) is 0.261. The minimum Gasteiger partial charge on any atom is -0.390 e. The third-order valence-corrected chi connectivity index (χ3v) is 6.01. The average Bonchev–Trinajstić information content (AvgIpc) is 3.16. The Morgan fingerprint density at radius 2 is 1.88 bits per heavy atom. The molecule has 0 saturated carbocycles. The van der Waals surface area contributed by atoms with Gasteiger partial charge in [0.2, 0.25) is 11.8 Å². The summed E-state index contributed by atoms with van der Waals surface area (Å²) in [6, 6.07) is 13.1. The molecule has 32 heavy (non-hydrogen) atoms. The summed E-state index contributed by atoms with van der Waals surface area (Å²) in [6.45, 7) is 4.00. The highest BCUT2D eigenvalue weighted by Gasteiger charge is 2.15. The topological polar surface area (TPSA) is 96.2 Å². The molecule has 3 aromatic rings. The lowest BCUT2D eigenvalue weighted by atomic mass is 10.1. The van der Waals surface area contributed by atoms with Gasteiger partial charge in [-0.25, -0.2) is 4.98 Å². The summed E-state index contributed by atoms with van der Waals surface area (Å²) in [5.41, 5.74) is 4.25. The maximum Gasteiger partial charge on any atom is 0.240 e. The van der Waals surface area contributed by atoms with Gasteiger partial charge in [-0.1, -0.05) is 47.6 Å². The van der Waals surface area contributed by atoms with Gasteiger partial charge in [0.05, 0.1) is 24.3 Å². The second-order valence-corrected chi connectivity index (χ2v) is 8.71. The minimum atomic E-state index is -0.257. The van der Waals surface area contributed by atoms with E-state index in [1.807, 2.05) is 44.2 Å². The van der Waals surface area contributed by atoms with Crippen molar-refractivity contribution in [1.29, 1.82) is 0 Å². The van der Waals surface area contributed by atoms with Crippen molar-refractivity contribution >= 4 is 40.9 Å². The van der Waals surface area contributed by atoms with Crippen LogP contribution in [0.3, 0.4) is 0 Å². The molecule has 0 fully saturated rings. The zero-order valence-electron chi connectivity index (χ0n) is 17.9. The van der Waals surface area contributed by atoms with Crippen molar-refractivity contribution in [2.24, 2.45) is 0 Å². The molecule has 0 radical (unpaired) electrons. The number of nitrogens with one attached hydrogen (secondary N) is 2. The van der Waals surface area contributed by atoms with E-state index in [1.165, 1.54) is 18.0 Å². The molecule has 0 unspecified atom stereocenters. The lowest BCUT2D eigenvalue weighted by molar-refractivity contribution is -0.122. The number of aliphatic hydroxyl groups is 1. The van der Waals surface area contributed by atoms with Crippen LogP contribution in [-0.2, 0) is 29.3 Å². The Morgan fingerprint density at radius 3 is 2.59 bits per heavy atom. The van der Waals surface area contributed by atoms with E-state index in [2.05, 4.69) is 15.6 Å². The molecule has 2 aromatic carbocycles. The zero-order chi connectivity index (χ0) is 23.1. The summed E-state index contributed by atoms with van der Waals surface area (Å²) in [4.78, 5) is 29.2. The number of benzene rings is 2. The minimum absolute atomic E-state index is 0.00950. The average molecular weight is 473 g/mol. The van der Waals surface area contributed by atoms with Crippen LogP contribution >= 0.6 is 23.4 Å². The molecule has 0 aliphatic carbocycles. The number of halogens is 1. The highest BCUT2D eigenvalue weighted by atomic mass is 35.5. The van der Waals surface area contributed by atoms with Gasteiger partial charge in [0.25, 0.3) is 0 Å². The molecule has 1 aromatic heterocycles. The molecule has 0 bridgehead atoms. The van der Waals surface area contributed by atoms with Crippen LogP contribution < -0.4 is 10.6 Å². The summed E-state index contributed by atoms with van der Waals surface area (Å²) in [5.74, 6) is -0.271. The van der Waals surface area contributed by atoms with E-state index < -0.39 is 0 Å². The second-order valence-electron chi connectivity index (χ2n) is 7.33. The molecule has 0 aliphatic heterocycles. The number of rotatable bonds is 9. The number of thioether (sulfide) groups is 1. The first kappa shape index (κ1) is 23.8. The number of hydrogen-bond donors (Lipinski definition) is 3. The van der Waals surface area contributed by atoms with Gasteiger partial charge < -0.3 is 20.3 Å². The first-order chi connectivity index (χ1) is 15.4. The molecule has 2 amide bonds. The SMILES string of the molecule is Cc1ccc(C)c(NC(=O)CSc2ncc(CO)n2CC(=O)NCc2ccc(Cl)cc2)c1. The first-order valence-electron chi connectivity index (χ1n) is 10.0. The van der Waals surface area contributed by atoms with Crippen molar-refractivity contribution in [2.75, 3.05) is 11.1 Å². The van der Waals surface area contributed by atoms with Crippen molar-refractivity contribution in [1.82, 2.24) is 14.9 Å². The number of imidazole rings is 1. The fourth-order valence-corrected chi connectivity index (χ4v) is 3.92. The Morgan fingerprint density at radius 1 is 1.12 bits per heavy atom. The van der Waals surface area contributed by atoms with E-state index in [0.717, 1.165) is 22.4 Å². The third-order valence-electron chi connectivity index (χ3n) is 4.77. The van der Waals surface area contributed by atoms with Crippen LogP contribution in [0.4, 0.5) is 5.69 Å². The van der Waals surface area contributed by atoms with Crippen LogP contribution in [0.15, 0.2) is 53.8 Å². The largest absolute Gasteiger partial charge is 0.390 e. The summed E-state index contributed by atoms with van der Waals surface area (Å²) >= 11 is 7.09. The van der Waals surface area contributed by atoms with Crippen molar-refractivity contribution in [2.45, 2.75) is 38.7 Å². The lowest BCUT2D eigenvalue weighted by Crippen LogP contribution is -2.28. The predicted molar refractivity (Wildman–Crippen MR) is 127 cm³/mol. The van der Waals surface area contributed by atoms with Crippen LogP contribution in [0.5, 0.6) is 0 Å². The van der Waals surface area contributed by atoms with Gasteiger partial charge in [-0.05, 0) is 48.7 Å². The molecule has 168 valence electrons. The summed E-state index contributed by atoms with van der Waals surface area (Å²) in [5, 5.41) is 16.5. The number of carbonyl (C=O) groups is 2. The number of aryl methyl sites for hydroxylation is 2. The van der Waals surface area contributed by atoms with E-state index in [9.17, 15) is 14.7 Å². The molecule has 7 nitrogen and oxygen atoms in total. The molecular weight excluding hydrogens is 448 g/mol. The van der Waals surface area contributed by atoms with E-state index in [4.69, 9.17) is 11.6 Å². The third kappa shape index (κ3) is 6.59. The normalized spacial score (nSPS) is 10.8. The molecule has 0 saturated heterocycles. The van der Waals surface area contributed by atoms with E-state index >= 15 is 0 Å². The number of nitrogens with zero attached hydrogens (tertiary/aromatic N) is 2. The predicted octanol–water partition coefficient (Wildman–Crippen LogP) is 3.69. The van der Waals surface area contributed by atoms with Gasteiger partial charge in [-0.2, -0.15) is 0 Å². The maximum atomic E-state index is 12.5. The van der Waals surface area contributed by atoms with Gasteiger partial charge in [0.15, 0.2) is 5.16 Å². The molecule has 0 aliphatic rings. The quantitative estimate of drug-likeness (QED) is 0.413. The van der Waals surface area contributed by atoms with Crippen molar-refractivity contribution in [3.05, 3.63) is 76.1 Å². The molecule has 0 spiro atoms. The van der Waals surface area contributed by atoms with Gasteiger partial charge in [-0.3, -0.25) is 9.59 Å². The van der Waals surface area contributed by atoms with Gasteiger partial charge in [0.1, 0.15) is 6.54 Å². The van der Waals surface area contributed by atoms with E-state index in [-0.39, 0.29) is 30.7 Å². The number of anilines is 1. The van der Waals surface area contributed by atoms with Crippen LogP contribution in [0.2, 0.25) is 5.02 Å².